The van der Waals surface area contributed by atoms with Crippen molar-refractivity contribution in [3.8, 4) is 0 Å². The van der Waals surface area contributed by atoms with Gasteiger partial charge in [0.2, 0.25) is 0 Å². The molecule has 1 aromatic carbocycles. The molecule has 21 heavy (non-hydrogen) atoms. The highest BCUT2D eigenvalue weighted by atomic mass is 35.5. The maximum atomic E-state index is 12.1. The zero-order chi connectivity index (χ0) is 15.4. The molecule has 1 amide bonds. The Morgan fingerprint density at radius 2 is 1.81 bits per heavy atom. The van der Waals surface area contributed by atoms with E-state index in [4.69, 9.17) is 23.2 Å². The maximum absolute atomic E-state index is 12.1. The van der Waals surface area contributed by atoms with Crippen LogP contribution in [-0.4, -0.2) is 17.4 Å². The Morgan fingerprint density at radius 1 is 1.14 bits per heavy atom. The van der Waals surface area contributed by atoms with Gasteiger partial charge in [0, 0.05) is 22.3 Å². The second-order valence-corrected chi connectivity index (χ2v) is 5.74. The number of rotatable bonds is 4. The molecule has 0 aliphatic rings. The van der Waals surface area contributed by atoms with Gasteiger partial charge in [-0.25, -0.2) is 0 Å². The van der Waals surface area contributed by atoms with Gasteiger partial charge in [0.05, 0.1) is 11.3 Å². The van der Waals surface area contributed by atoms with Crippen LogP contribution in [0.3, 0.4) is 0 Å². The Labute approximate surface area is 134 Å². The molecule has 2 aromatic rings. The number of hydrogen-bond donors (Lipinski definition) is 1. The average molecular weight is 323 g/mol. The first-order valence-electron chi connectivity index (χ1n) is 6.63. The molecule has 0 bridgehead atoms. The molecule has 0 radical (unpaired) electrons. The molecule has 1 heterocycles. The number of nitrogens with one attached hydrogen (secondary N) is 1. The number of pyridine rings is 1. The zero-order valence-corrected chi connectivity index (χ0v) is 13.4. The highest BCUT2D eigenvalue weighted by molar-refractivity contribution is 6.34. The lowest BCUT2D eigenvalue weighted by Crippen LogP contribution is -2.26. The summed E-state index contributed by atoms with van der Waals surface area (Å²) in [5.41, 5.74) is 3.23. The lowest BCUT2D eigenvalue weighted by Gasteiger charge is -2.08. The van der Waals surface area contributed by atoms with Gasteiger partial charge in [0.25, 0.3) is 5.91 Å². The fourth-order valence-electron chi connectivity index (χ4n) is 2.10. The molecule has 110 valence electrons. The monoisotopic (exact) mass is 322 g/mol. The third-order valence-electron chi connectivity index (χ3n) is 3.09. The lowest BCUT2D eigenvalue weighted by atomic mass is 10.1. The van der Waals surface area contributed by atoms with Gasteiger partial charge < -0.3 is 5.32 Å². The zero-order valence-electron chi connectivity index (χ0n) is 11.9. The Kier molecular flexibility index (Phi) is 5.21. The van der Waals surface area contributed by atoms with Gasteiger partial charge in [0.15, 0.2) is 0 Å². The van der Waals surface area contributed by atoms with Gasteiger partial charge in [0.1, 0.15) is 0 Å². The van der Waals surface area contributed by atoms with Gasteiger partial charge in [-0.2, -0.15) is 0 Å². The maximum Gasteiger partial charge on any atom is 0.253 e. The molecule has 0 saturated carbocycles. The van der Waals surface area contributed by atoms with E-state index in [-0.39, 0.29) is 5.91 Å². The molecule has 0 fully saturated rings. The number of benzene rings is 1. The molecule has 0 aliphatic carbocycles. The number of aromatic nitrogens is 1. The highest BCUT2D eigenvalue weighted by Crippen LogP contribution is 2.19. The molecule has 5 heteroatoms. The first kappa shape index (κ1) is 15.8. The molecule has 2 rings (SSSR count). The van der Waals surface area contributed by atoms with Crippen LogP contribution in [0.25, 0.3) is 0 Å². The summed E-state index contributed by atoms with van der Waals surface area (Å²) in [6, 6.07) is 9.00. The van der Waals surface area contributed by atoms with Crippen molar-refractivity contribution in [2.24, 2.45) is 0 Å². The van der Waals surface area contributed by atoms with Crippen LogP contribution < -0.4 is 5.32 Å². The molecular weight excluding hydrogens is 307 g/mol. The molecule has 1 aromatic heterocycles. The number of halogens is 2. The van der Waals surface area contributed by atoms with E-state index < -0.39 is 0 Å². The van der Waals surface area contributed by atoms with Crippen LogP contribution in [0.5, 0.6) is 0 Å². The van der Waals surface area contributed by atoms with E-state index in [9.17, 15) is 4.79 Å². The first-order chi connectivity index (χ1) is 9.95. The van der Waals surface area contributed by atoms with Gasteiger partial charge in [-0.05, 0) is 56.2 Å². The van der Waals surface area contributed by atoms with Crippen molar-refractivity contribution >= 4 is 29.1 Å². The minimum Gasteiger partial charge on any atom is -0.352 e. The molecule has 0 aliphatic heterocycles. The van der Waals surface area contributed by atoms with Crippen LogP contribution in [0.15, 0.2) is 30.3 Å². The predicted octanol–water partition coefficient (Wildman–Crippen LogP) is 3.98. The fraction of sp³-hybridized carbons (Fsp3) is 0.250. The molecule has 0 spiro atoms. The van der Waals surface area contributed by atoms with Crippen LogP contribution in [0, 0.1) is 13.8 Å². The quantitative estimate of drug-likeness (QED) is 0.925. The van der Waals surface area contributed by atoms with Crippen molar-refractivity contribution in [1.82, 2.24) is 10.3 Å². The predicted molar refractivity (Wildman–Crippen MR) is 86.2 cm³/mol. The summed E-state index contributed by atoms with van der Waals surface area (Å²) in [6.07, 6.45) is 0.671. The number of hydrogen-bond acceptors (Lipinski definition) is 2. The van der Waals surface area contributed by atoms with Gasteiger partial charge in [-0.3, -0.25) is 9.78 Å². The minimum atomic E-state index is -0.117. The molecule has 1 N–H and O–H groups in total. The molecule has 3 nitrogen and oxygen atoms in total. The van der Waals surface area contributed by atoms with Crippen molar-refractivity contribution < 1.29 is 4.79 Å². The second-order valence-electron chi connectivity index (χ2n) is 4.87. The Hall–Kier alpha value is -1.58. The largest absolute Gasteiger partial charge is 0.352 e. The number of aryl methyl sites for hydroxylation is 2. The fourth-order valence-corrected chi connectivity index (χ4v) is 2.67. The molecular formula is C16H16Cl2N2O. The van der Waals surface area contributed by atoms with Crippen molar-refractivity contribution in [2.45, 2.75) is 20.3 Å². The van der Waals surface area contributed by atoms with Crippen molar-refractivity contribution in [2.75, 3.05) is 6.54 Å². The van der Waals surface area contributed by atoms with E-state index in [1.54, 1.807) is 12.1 Å². The number of carbonyl (C=O) groups excluding carboxylic acids is 1. The summed E-state index contributed by atoms with van der Waals surface area (Å²) in [6.45, 7) is 4.25. The molecule has 0 unspecified atom stereocenters. The summed E-state index contributed by atoms with van der Waals surface area (Å²) >= 11 is 11.9. The second kappa shape index (κ2) is 6.92. The van der Waals surface area contributed by atoms with Gasteiger partial charge in [-0.15, -0.1) is 0 Å². The Morgan fingerprint density at radius 3 is 2.43 bits per heavy atom. The Balaban J connectivity index is 1.95. The van der Waals surface area contributed by atoms with E-state index in [0.29, 0.717) is 28.6 Å². The lowest BCUT2D eigenvalue weighted by molar-refractivity contribution is 0.0953. The first-order valence-corrected chi connectivity index (χ1v) is 7.39. The average Bonchev–Trinajstić information content (AvgIpc) is 2.37. The van der Waals surface area contributed by atoms with Crippen LogP contribution in [0.2, 0.25) is 10.0 Å². The Bertz CT molecular complexity index is 651. The standard InChI is InChI=1S/C16H16Cl2N2O/c1-10-3-4-15(11(2)20-10)16(21)19-6-5-12-7-13(17)9-14(18)8-12/h3-4,7-9H,5-6H2,1-2H3,(H,19,21). The van der Waals surface area contributed by atoms with E-state index in [1.165, 1.54) is 0 Å². The molecule has 0 atom stereocenters. The summed E-state index contributed by atoms with van der Waals surface area (Å²) in [4.78, 5) is 16.4. The van der Waals surface area contributed by atoms with Gasteiger partial charge >= 0.3 is 0 Å². The van der Waals surface area contributed by atoms with Gasteiger partial charge in [-0.1, -0.05) is 23.2 Å². The topological polar surface area (TPSA) is 42.0 Å². The van der Waals surface area contributed by atoms with E-state index >= 15 is 0 Å². The van der Waals surface area contributed by atoms with Crippen LogP contribution >= 0.6 is 23.2 Å². The normalized spacial score (nSPS) is 10.5. The summed E-state index contributed by atoms with van der Waals surface area (Å²) in [7, 11) is 0. The van der Waals surface area contributed by atoms with Crippen molar-refractivity contribution in [1.29, 1.82) is 0 Å². The smallest absolute Gasteiger partial charge is 0.253 e. The van der Waals surface area contributed by atoms with Crippen LogP contribution in [0.1, 0.15) is 27.3 Å². The van der Waals surface area contributed by atoms with E-state index in [1.807, 2.05) is 32.0 Å². The number of amides is 1. The summed E-state index contributed by atoms with van der Waals surface area (Å²) in [5.74, 6) is -0.117. The van der Waals surface area contributed by atoms with Crippen LogP contribution in [-0.2, 0) is 6.42 Å². The van der Waals surface area contributed by atoms with Crippen molar-refractivity contribution in [3.63, 3.8) is 0 Å². The summed E-state index contributed by atoms with van der Waals surface area (Å²) < 4.78 is 0. The third-order valence-corrected chi connectivity index (χ3v) is 3.53. The van der Waals surface area contributed by atoms with E-state index in [2.05, 4.69) is 10.3 Å². The van der Waals surface area contributed by atoms with Crippen LogP contribution in [0.4, 0.5) is 0 Å². The highest BCUT2D eigenvalue weighted by Gasteiger charge is 2.09. The van der Waals surface area contributed by atoms with Crippen molar-refractivity contribution in [3.05, 3.63) is 62.9 Å². The minimum absolute atomic E-state index is 0.117. The third kappa shape index (κ3) is 4.45. The number of carbonyl (C=O) groups is 1. The number of nitrogens with zero attached hydrogens (tertiary/aromatic N) is 1. The SMILES string of the molecule is Cc1ccc(C(=O)NCCc2cc(Cl)cc(Cl)c2)c(C)n1. The summed E-state index contributed by atoms with van der Waals surface area (Å²) in [5, 5.41) is 4.08. The molecule has 0 saturated heterocycles. The van der Waals surface area contributed by atoms with E-state index in [0.717, 1.165) is 17.0 Å².